The van der Waals surface area contributed by atoms with Gasteiger partial charge in [0.05, 0.1) is 12.3 Å². The highest BCUT2D eigenvalue weighted by atomic mass is 35.5. The van der Waals surface area contributed by atoms with Gasteiger partial charge in [-0.1, -0.05) is 30.2 Å². The number of ether oxygens (including phenoxy) is 1. The van der Waals surface area contributed by atoms with Gasteiger partial charge in [0.1, 0.15) is 5.75 Å². The Bertz CT molecular complexity index is 484. The molecule has 1 aliphatic rings. The molecule has 1 aliphatic carbocycles. The Balaban J connectivity index is 2.00. The lowest BCUT2D eigenvalue weighted by atomic mass is 9.84. The molecule has 2 nitrogen and oxygen atoms in total. The van der Waals surface area contributed by atoms with Crippen LogP contribution < -0.4 is 10.1 Å². The molecule has 20 heavy (non-hydrogen) atoms. The summed E-state index contributed by atoms with van der Waals surface area (Å²) < 4.78 is 5.64. The van der Waals surface area contributed by atoms with Crippen molar-refractivity contribution in [3.63, 3.8) is 0 Å². The molecule has 0 fully saturated rings. The predicted octanol–water partition coefficient (Wildman–Crippen LogP) is 5.14. The van der Waals surface area contributed by atoms with Crippen molar-refractivity contribution in [3.05, 3.63) is 34.9 Å². The molecule has 2 unspecified atom stereocenters. The Kier molecular flexibility index (Phi) is 5.36. The minimum atomic E-state index is 0.665. The lowest BCUT2D eigenvalue weighted by Crippen LogP contribution is -2.20. The summed E-state index contributed by atoms with van der Waals surface area (Å²) in [5.41, 5.74) is 2.51. The number of hydrogen-bond donors (Lipinski definition) is 1. The van der Waals surface area contributed by atoms with Crippen LogP contribution >= 0.6 is 11.6 Å². The first-order chi connectivity index (χ1) is 9.58. The van der Waals surface area contributed by atoms with Gasteiger partial charge in [-0.2, -0.15) is 0 Å². The molecule has 0 radical (unpaired) electrons. The quantitative estimate of drug-likeness (QED) is 0.759. The Morgan fingerprint density at radius 2 is 2.20 bits per heavy atom. The normalized spacial score (nSPS) is 22.3. The average molecular weight is 294 g/mol. The van der Waals surface area contributed by atoms with E-state index in [4.69, 9.17) is 16.3 Å². The second kappa shape index (κ2) is 7.03. The second-order valence-corrected chi connectivity index (χ2v) is 6.19. The molecular formula is C17H24ClNO. The van der Waals surface area contributed by atoms with Gasteiger partial charge in [0.25, 0.3) is 0 Å². The van der Waals surface area contributed by atoms with Crippen molar-refractivity contribution in [2.75, 3.05) is 18.5 Å². The van der Waals surface area contributed by atoms with E-state index in [0.29, 0.717) is 18.4 Å². The van der Waals surface area contributed by atoms with Gasteiger partial charge in [-0.15, -0.1) is 0 Å². The van der Waals surface area contributed by atoms with Crippen LogP contribution in [0, 0.1) is 11.8 Å². The van der Waals surface area contributed by atoms with Crippen molar-refractivity contribution in [2.45, 2.75) is 33.6 Å². The van der Waals surface area contributed by atoms with Crippen LogP contribution in [-0.2, 0) is 0 Å². The van der Waals surface area contributed by atoms with E-state index in [1.807, 2.05) is 25.1 Å². The van der Waals surface area contributed by atoms with E-state index in [1.165, 1.54) is 18.4 Å². The molecule has 2 atom stereocenters. The van der Waals surface area contributed by atoms with Crippen molar-refractivity contribution in [3.8, 4) is 5.75 Å². The number of anilines is 1. The molecule has 1 aromatic rings. The zero-order chi connectivity index (χ0) is 14.5. The molecule has 0 bridgehead atoms. The number of nitrogens with one attached hydrogen (secondary N) is 1. The number of allylic oxidation sites excluding steroid dienone is 2. The van der Waals surface area contributed by atoms with Crippen molar-refractivity contribution in [1.29, 1.82) is 0 Å². The van der Waals surface area contributed by atoms with E-state index in [0.717, 1.165) is 23.0 Å². The average Bonchev–Trinajstić information content (AvgIpc) is 2.38. The fraction of sp³-hybridized carbons (Fsp3) is 0.529. The molecule has 1 N–H and O–H groups in total. The van der Waals surface area contributed by atoms with Gasteiger partial charge in [0.15, 0.2) is 0 Å². The predicted molar refractivity (Wildman–Crippen MR) is 86.8 cm³/mol. The van der Waals surface area contributed by atoms with Crippen LogP contribution in [0.2, 0.25) is 5.02 Å². The van der Waals surface area contributed by atoms with Gasteiger partial charge in [-0.05, 0) is 56.7 Å². The fourth-order valence-electron chi connectivity index (χ4n) is 3.02. The molecule has 0 saturated carbocycles. The summed E-state index contributed by atoms with van der Waals surface area (Å²) in [4.78, 5) is 0. The molecule has 0 amide bonds. The summed E-state index contributed by atoms with van der Waals surface area (Å²) in [5, 5.41) is 4.25. The van der Waals surface area contributed by atoms with Gasteiger partial charge in [-0.3, -0.25) is 0 Å². The van der Waals surface area contributed by atoms with Crippen molar-refractivity contribution >= 4 is 17.3 Å². The monoisotopic (exact) mass is 293 g/mol. The lowest BCUT2D eigenvalue weighted by Gasteiger charge is -2.26. The van der Waals surface area contributed by atoms with E-state index < -0.39 is 0 Å². The van der Waals surface area contributed by atoms with Crippen molar-refractivity contribution in [2.24, 2.45) is 11.8 Å². The molecule has 0 aromatic heterocycles. The summed E-state index contributed by atoms with van der Waals surface area (Å²) in [6.45, 7) is 8.15. The molecule has 2 rings (SSSR count). The lowest BCUT2D eigenvalue weighted by molar-refractivity contribution is 0.341. The van der Waals surface area contributed by atoms with Gasteiger partial charge in [0, 0.05) is 11.6 Å². The third kappa shape index (κ3) is 4.17. The van der Waals surface area contributed by atoms with E-state index >= 15 is 0 Å². The molecular weight excluding hydrogens is 270 g/mol. The molecule has 3 heteroatoms. The maximum absolute atomic E-state index is 6.08. The first-order valence-electron chi connectivity index (χ1n) is 7.42. The van der Waals surface area contributed by atoms with Crippen LogP contribution in [0.5, 0.6) is 5.75 Å². The first-order valence-corrected chi connectivity index (χ1v) is 7.79. The van der Waals surface area contributed by atoms with E-state index in [-0.39, 0.29) is 0 Å². The van der Waals surface area contributed by atoms with Gasteiger partial charge in [-0.25, -0.2) is 0 Å². The zero-order valence-corrected chi connectivity index (χ0v) is 13.3. The highest BCUT2D eigenvalue weighted by molar-refractivity contribution is 6.30. The highest BCUT2D eigenvalue weighted by Gasteiger charge is 2.18. The minimum Gasteiger partial charge on any atom is -0.492 e. The first kappa shape index (κ1) is 15.2. The molecule has 0 aliphatic heterocycles. The maximum atomic E-state index is 6.08. The Labute approximate surface area is 127 Å². The summed E-state index contributed by atoms with van der Waals surface area (Å²) in [5.74, 6) is 2.25. The maximum Gasteiger partial charge on any atom is 0.142 e. The van der Waals surface area contributed by atoms with Gasteiger partial charge in [0.2, 0.25) is 0 Å². The summed E-state index contributed by atoms with van der Waals surface area (Å²) >= 11 is 6.08. The van der Waals surface area contributed by atoms with E-state index in [1.54, 1.807) is 0 Å². The van der Waals surface area contributed by atoms with Crippen LogP contribution in [0.4, 0.5) is 5.69 Å². The molecule has 0 saturated heterocycles. The largest absolute Gasteiger partial charge is 0.492 e. The zero-order valence-electron chi connectivity index (χ0n) is 12.6. The Morgan fingerprint density at radius 1 is 1.40 bits per heavy atom. The Morgan fingerprint density at radius 3 is 2.90 bits per heavy atom. The van der Waals surface area contributed by atoms with E-state index in [9.17, 15) is 0 Å². The van der Waals surface area contributed by atoms with Crippen LogP contribution in [0.3, 0.4) is 0 Å². The van der Waals surface area contributed by atoms with Crippen molar-refractivity contribution in [1.82, 2.24) is 0 Å². The second-order valence-electron chi connectivity index (χ2n) is 5.75. The summed E-state index contributed by atoms with van der Waals surface area (Å²) in [6, 6.07) is 5.75. The van der Waals surface area contributed by atoms with Crippen LogP contribution in [-0.4, -0.2) is 13.2 Å². The third-order valence-corrected chi connectivity index (χ3v) is 3.94. The Hall–Kier alpha value is -1.15. The third-order valence-electron chi connectivity index (χ3n) is 3.71. The highest BCUT2D eigenvalue weighted by Crippen LogP contribution is 2.31. The standard InChI is InChI=1S/C17H24ClNO/c1-4-20-17-6-5-15(18)10-16(17)19-11-14-8-12(2)7-13(3)9-14/h5-7,10,12,14,19H,4,8-9,11H2,1-3H3. The van der Waals surface area contributed by atoms with E-state index in [2.05, 4.69) is 25.2 Å². The molecule has 1 aromatic carbocycles. The summed E-state index contributed by atoms with van der Waals surface area (Å²) in [7, 11) is 0. The molecule has 0 spiro atoms. The number of halogens is 1. The SMILES string of the molecule is CCOc1ccc(Cl)cc1NCC1CC(C)=CC(C)C1. The smallest absolute Gasteiger partial charge is 0.142 e. The number of benzene rings is 1. The van der Waals surface area contributed by atoms with Gasteiger partial charge < -0.3 is 10.1 Å². The van der Waals surface area contributed by atoms with Gasteiger partial charge >= 0.3 is 0 Å². The minimum absolute atomic E-state index is 0.665. The molecule has 110 valence electrons. The number of rotatable bonds is 5. The molecule has 0 heterocycles. The number of hydrogen-bond acceptors (Lipinski definition) is 2. The van der Waals surface area contributed by atoms with Crippen LogP contribution in [0.1, 0.15) is 33.6 Å². The summed E-state index contributed by atoms with van der Waals surface area (Å²) in [6.07, 6.45) is 4.82. The fourth-order valence-corrected chi connectivity index (χ4v) is 3.19. The topological polar surface area (TPSA) is 21.3 Å². The van der Waals surface area contributed by atoms with Crippen molar-refractivity contribution < 1.29 is 4.74 Å². The van der Waals surface area contributed by atoms with Crippen LogP contribution in [0.25, 0.3) is 0 Å². The van der Waals surface area contributed by atoms with Crippen LogP contribution in [0.15, 0.2) is 29.8 Å².